The number of hydrogen-bond donors (Lipinski definition) is 1. The van der Waals surface area contributed by atoms with E-state index in [-0.39, 0.29) is 24.7 Å². The number of rotatable bonds is 5. The third-order valence-electron chi connectivity index (χ3n) is 6.52. The summed E-state index contributed by atoms with van der Waals surface area (Å²) in [7, 11) is 1.55. The summed E-state index contributed by atoms with van der Waals surface area (Å²) in [6.07, 6.45) is 0. The zero-order valence-corrected chi connectivity index (χ0v) is 19.7. The molecule has 0 bridgehead atoms. The molecular weight excluding hydrogens is 446 g/mol. The molecule has 1 atom stereocenters. The molecule has 7 nitrogen and oxygen atoms in total. The molecule has 5 rings (SSSR count). The number of fused-ring (bicyclic) bond motifs is 1. The lowest BCUT2D eigenvalue weighted by atomic mass is 9.94. The Morgan fingerprint density at radius 3 is 2.57 bits per heavy atom. The number of methoxy groups -OCH3 is 1. The maximum Gasteiger partial charge on any atom is 0.295 e. The second kappa shape index (κ2) is 8.83. The number of nitrogens with zero attached hydrogens (tertiary/aromatic N) is 1. The summed E-state index contributed by atoms with van der Waals surface area (Å²) >= 11 is 0. The number of aryl methyl sites for hydroxylation is 2. The van der Waals surface area contributed by atoms with Crippen LogP contribution in [0.2, 0.25) is 0 Å². The van der Waals surface area contributed by atoms with Crippen LogP contribution in [-0.4, -0.2) is 35.6 Å². The molecule has 35 heavy (non-hydrogen) atoms. The predicted molar refractivity (Wildman–Crippen MR) is 129 cm³/mol. The Morgan fingerprint density at radius 1 is 1.00 bits per heavy atom. The molecule has 1 saturated heterocycles. The number of Topliss-reactive ketones (excluding diaryl/α,β-unsaturated/α-hetero) is 1. The van der Waals surface area contributed by atoms with Crippen molar-refractivity contribution in [3.8, 4) is 17.2 Å². The molecule has 1 fully saturated rings. The first-order chi connectivity index (χ1) is 16.9. The van der Waals surface area contributed by atoms with Gasteiger partial charge in [0.15, 0.2) is 11.5 Å². The van der Waals surface area contributed by atoms with Crippen molar-refractivity contribution >= 4 is 17.4 Å². The average molecular weight is 472 g/mol. The normalized spacial score (nSPS) is 18.3. The third-order valence-corrected chi connectivity index (χ3v) is 6.52. The molecule has 0 aliphatic carbocycles. The Hall–Kier alpha value is -4.26. The summed E-state index contributed by atoms with van der Waals surface area (Å²) in [5.74, 6) is 0.201. The number of likely N-dealkylation sites (tertiary alicyclic amines) is 1. The van der Waals surface area contributed by atoms with Crippen molar-refractivity contribution in [2.45, 2.75) is 26.4 Å². The molecule has 1 unspecified atom stereocenters. The molecule has 3 aromatic rings. The summed E-state index contributed by atoms with van der Waals surface area (Å²) in [6.45, 7) is 4.19. The SMILES string of the molecule is COc1cccc(C2/C(=C(\O)c3ccc(C)c(C)c3)C(=O)C(=O)N2Cc2ccc3c(c2)OCO3)c1. The van der Waals surface area contributed by atoms with Gasteiger partial charge < -0.3 is 24.2 Å². The van der Waals surface area contributed by atoms with Crippen molar-refractivity contribution in [1.29, 1.82) is 0 Å². The van der Waals surface area contributed by atoms with Crippen LogP contribution in [0.25, 0.3) is 5.76 Å². The number of aliphatic hydroxyl groups excluding tert-OH is 1. The number of carbonyl (C=O) groups excluding carboxylic acids is 2. The summed E-state index contributed by atoms with van der Waals surface area (Å²) in [6, 6.07) is 17.3. The maximum atomic E-state index is 13.3. The van der Waals surface area contributed by atoms with Crippen molar-refractivity contribution in [3.63, 3.8) is 0 Å². The fourth-order valence-electron chi connectivity index (χ4n) is 4.48. The third kappa shape index (κ3) is 3.99. The van der Waals surface area contributed by atoms with Gasteiger partial charge in [0, 0.05) is 12.1 Å². The molecule has 2 heterocycles. The van der Waals surface area contributed by atoms with Crippen LogP contribution in [0.3, 0.4) is 0 Å². The number of amides is 1. The largest absolute Gasteiger partial charge is 0.507 e. The molecule has 1 N–H and O–H groups in total. The van der Waals surface area contributed by atoms with Crippen LogP contribution in [0.1, 0.15) is 33.9 Å². The van der Waals surface area contributed by atoms with Crippen molar-refractivity contribution in [2.24, 2.45) is 0 Å². The number of benzene rings is 3. The molecule has 1 amide bonds. The van der Waals surface area contributed by atoms with Gasteiger partial charge in [0.05, 0.1) is 18.7 Å². The molecule has 178 valence electrons. The van der Waals surface area contributed by atoms with Crippen molar-refractivity contribution in [1.82, 2.24) is 4.90 Å². The monoisotopic (exact) mass is 471 g/mol. The maximum absolute atomic E-state index is 13.3. The highest BCUT2D eigenvalue weighted by Crippen LogP contribution is 2.42. The van der Waals surface area contributed by atoms with E-state index in [4.69, 9.17) is 14.2 Å². The van der Waals surface area contributed by atoms with Crippen LogP contribution in [0.4, 0.5) is 0 Å². The van der Waals surface area contributed by atoms with Gasteiger partial charge in [0.2, 0.25) is 6.79 Å². The lowest BCUT2D eigenvalue weighted by Crippen LogP contribution is -2.29. The highest BCUT2D eigenvalue weighted by Gasteiger charge is 2.46. The van der Waals surface area contributed by atoms with Gasteiger partial charge in [-0.1, -0.05) is 30.3 Å². The van der Waals surface area contributed by atoms with Crippen molar-refractivity contribution in [2.75, 3.05) is 13.9 Å². The minimum Gasteiger partial charge on any atom is -0.507 e. The van der Waals surface area contributed by atoms with Gasteiger partial charge in [-0.15, -0.1) is 0 Å². The standard InChI is InChI=1S/C28H25NO6/c1-16-7-9-20(11-17(16)2)26(30)24-25(19-5-4-6-21(13-19)33-3)29(28(32)27(24)31)14-18-8-10-22-23(12-18)35-15-34-22/h4-13,25,30H,14-15H2,1-3H3/b26-24+. The van der Waals surface area contributed by atoms with Gasteiger partial charge in [-0.25, -0.2) is 0 Å². The van der Waals surface area contributed by atoms with E-state index in [9.17, 15) is 14.7 Å². The topological polar surface area (TPSA) is 85.3 Å². The van der Waals surface area contributed by atoms with E-state index < -0.39 is 17.7 Å². The lowest BCUT2D eigenvalue weighted by molar-refractivity contribution is -0.140. The van der Waals surface area contributed by atoms with E-state index in [0.29, 0.717) is 28.4 Å². The Balaban J connectivity index is 1.63. The molecule has 0 saturated carbocycles. The van der Waals surface area contributed by atoms with E-state index in [1.807, 2.05) is 38.1 Å². The summed E-state index contributed by atoms with van der Waals surface area (Å²) in [5.41, 5.74) is 4.01. The summed E-state index contributed by atoms with van der Waals surface area (Å²) in [4.78, 5) is 28.1. The number of carbonyl (C=O) groups is 2. The molecule has 7 heteroatoms. The highest BCUT2D eigenvalue weighted by molar-refractivity contribution is 6.46. The zero-order chi connectivity index (χ0) is 24.7. The number of ketones is 1. The summed E-state index contributed by atoms with van der Waals surface area (Å²) in [5, 5.41) is 11.3. The van der Waals surface area contributed by atoms with Gasteiger partial charge in [-0.2, -0.15) is 0 Å². The quantitative estimate of drug-likeness (QED) is 0.331. The van der Waals surface area contributed by atoms with Gasteiger partial charge in [-0.05, 0) is 66.4 Å². The Labute approximate surface area is 203 Å². The first-order valence-corrected chi connectivity index (χ1v) is 11.3. The minimum absolute atomic E-state index is 0.0484. The molecule has 3 aromatic carbocycles. The molecule has 0 aromatic heterocycles. The first kappa shape index (κ1) is 22.5. The first-order valence-electron chi connectivity index (χ1n) is 11.3. The van der Waals surface area contributed by atoms with Gasteiger partial charge in [0.1, 0.15) is 11.5 Å². The molecular formula is C28H25NO6. The Kier molecular flexibility index (Phi) is 5.68. The van der Waals surface area contributed by atoms with Gasteiger partial charge >= 0.3 is 0 Å². The van der Waals surface area contributed by atoms with Gasteiger partial charge in [-0.3, -0.25) is 9.59 Å². The Morgan fingerprint density at radius 2 is 1.80 bits per heavy atom. The predicted octanol–water partition coefficient (Wildman–Crippen LogP) is 4.66. The molecule has 2 aliphatic heterocycles. The molecule has 2 aliphatic rings. The van der Waals surface area contributed by atoms with E-state index in [1.165, 1.54) is 4.90 Å². The second-order valence-corrected chi connectivity index (χ2v) is 8.69. The second-order valence-electron chi connectivity index (χ2n) is 8.69. The van der Waals surface area contributed by atoms with Crippen molar-refractivity contribution < 1.29 is 28.9 Å². The van der Waals surface area contributed by atoms with E-state index >= 15 is 0 Å². The minimum atomic E-state index is -0.794. The highest BCUT2D eigenvalue weighted by atomic mass is 16.7. The zero-order valence-electron chi connectivity index (χ0n) is 19.7. The van der Waals surface area contributed by atoms with Gasteiger partial charge in [0.25, 0.3) is 11.7 Å². The van der Waals surface area contributed by atoms with Crippen LogP contribution in [0.5, 0.6) is 17.2 Å². The number of hydrogen-bond acceptors (Lipinski definition) is 6. The van der Waals surface area contributed by atoms with Crippen LogP contribution < -0.4 is 14.2 Å². The van der Waals surface area contributed by atoms with E-state index in [0.717, 1.165) is 16.7 Å². The van der Waals surface area contributed by atoms with E-state index in [2.05, 4.69) is 0 Å². The summed E-state index contributed by atoms with van der Waals surface area (Å²) < 4.78 is 16.2. The molecule has 0 radical (unpaired) electrons. The number of aliphatic hydroxyl groups is 1. The van der Waals surface area contributed by atoms with Crippen LogP contribution in [0.15, 0.2) is 66.2 Å². The van der Waals surface area contributed by atoms with E-state index in [1.54, 1.807) is 43.5 Å². The fraction of sp³-hybridized carbons (Fsp3) is 0.214. The number of ether oxygens (including phenoxy) is 3. The van der Waals surface area contributed by atoms with Crippen LogP contribution in [-0.2, 0) is 16.1 Å². The molecule has 0 spiro atoms. The van der Waals surface area contributed by atoms with Crippen LogP contribution >= 0.6 is 0 Å². The van der Waals surface area contributed by atoms with Crippen LogP contribution in [0, 0.1) is 13.8 Å². The Bertz CT molecular complexity index is 1380. The smallest absolute Gasteiger partial charge is 0.295 e. The van der Waals surface area contributed by atoms with Crippen molar-refractivity contribution in [3.05, 3.63) is 94.1 Å². The average Bonchev–Trinajstić information content (AvgIpc) is 3.43. The lowest BCUT2D eigenvalue weighted by Gasteiger charge is -2.26. The fourth-order valence-corrected chi connectivity index (χ4v) is 4.48.